The maximum atomic E-state index is 13.0. The number of nitrogens with one attached hydrogen (secondary N) is 1. The van der Waals surface area contributed by atoms with E-state index in [9.17, 15) is 14.4 Å². The van der Waals surface area contributed by atoms with Gasteiger partial charge in [0.25, 0.3) is 5.91 Å². The van der Waals surface area contributed by atoms with Crippen LogP contribution in [0.15, 0.2) is 42.5 Å². The third-order valence-corrected chi connectivity index (χ3v) is 5.26. The minimum atomic E-state index is -1.49. The summed E-state index contributed by atoms with van der Waals surface area (Å²) in [6.45, 7) is 0. The van der Waals surface area contributed by atoms with Crippen LogP contribution in [0.3, 0.4) is 0 Å². The molecule has 9 heteroatoms. The fourth-order valence-corrected chi connectivity index (χ4v) is 3.39. The summed E-state index contributed by atoms with van der Waals surface area (Å²) in [6, 6.07) is 10.6. The smallest absolute Gasteiger partial charge is 0.410 e. The van der Waals surface area contributed by atoms with Crippen LogP contribution < -0.4 is 10.1 Å². The van der Waals surface area contributed by atoms with Crippen molar-refractivity contribution >= 4 is 41.2 Å². The number of halogens is 2. The fraction of sp³-hybridized carbons (Fsp3) is 0.211. The number of rotatable bonds is 3. The van der Waals surface area contributed by atoms with Crippen molar-refractivity contribution in [2.24, 2.45) is 0 Å². The molecule has 1 aliphatic rings. The lowest BCUT2D eigenvalue weighted by Crippen LogP contribution is -2.46. The molecule has 1 aliphatic heterocycles. The van der Waals surface area contributed by atoms with Gasteiger partial charge in [-0.2, -0.15) is 0 Å². The zero-order valence-electron chi connectivity index (χ0n) is 15.3. The third-order valence-electron chi connectivity index (χ3n) is 4.52. The van der Waals surface area contributed by atoms with Crippen molar-refractivity contribution in [2.75, 3.05) is 21.1 Å². The van der Waals surface area contributed by atoms with E-state index in [4.69, 9.17) is 27.9 Å². The van der Waals surface area contributed by atoms with Gasteiger partial charge in [-0.3, -0.25) is 10.1 Å². The van der Waals surface area contributed by atoms with Crippen LogP contribution in [0.25, 0.3) is 0 Å². The second-order valence-corrected chi connectivity index (χ2v) is 7.26. The minimum Gasteiger partial charge on any atom is -0.410 e. The van der Waals surface area contributed by atoms with E-state index in [0.717, 1.165) is 0 Å². The number of amides is 4. The highest BCUT2D eigenvalue weighted by molar-refractivity contribution is 6.42. The number of likely N-dealkylation sites (N-methyl/N-ethyl adjacent to an activating group) is 1. The summed E-state index contributed by atoms with van der Waals surface area (Å²) >= 11 is 12.2. The number of carbonyl (C=O) groups is 3. The molecule has 2 aromatic carbocycles. The van der Waals surface area contributed by atoms with E-state index in [-0.39, 0.29) is 10.8 Å². The molecule has 146 valence electrons. The van der Waals surface area contributed by atoms with E-state index in [1.165, 1.54) is 22.9 Å². The highest BCUT2D eigenvalue weighted by Gasteiger charge is 2.54. The molecule has 3 rings (SSSR count). The van der Waals surface area contributed by atoms with E-state index in [2.05, 4.69) is 5.32 Å². The molecule has 0 bridgehead atoms. The lowest BCUT2D eigenvalue weighted by atomic mass is 9.81. The van der Waals surface area contributed by atoms with Crippen molar-refractivity contribution in [3.05, 3.63) is 63.6 Å². The largest absolute Gasteiger partial charge is 0.414 e. The predicted molar refractivity (Wildman–Crippen MR) is 105 cm³/mol. The number of urea groups is 1. The molecule has 7 nitrogen and oxygen atoms in total. The number of hydrogen-bond acceptors (Lipinski definition) is 4. The molecule has 1 fully saturated rings. The molecule has 2 aromatic rings. The first-order valence-corrected chi connectivity index (χ1v) is 8.98. The number of carbonyl (C=O) groups excluding carboxylic acids is 3. The van der Waals surface area contributed by atoms with Crippen molar-refractivity contribution in [1.82, 2.24) is 15.1 Å². The molecule has 28 heavy (non-hydrogen) atoms. The summed E-state index contributed by atoms with van der Waals surface area (Å²) in [7, 11) is 4.61. The van der Waals surface area contributed by atoms with Crippen molar-refractivity contribution in [1.29, 1.82) is 0 Å². The first kappa shape index (κ1) is 20.0. The topological polar surface area (TPSA) is 79.0 Å². The Morgan fingerprint density at radius 2 is 1.75 bits per heavy atom. The van der Waals surface area contributed by atoms with Crippen LogP contribution in [-0.2, 0) is 10.3 Å². The molecule has 0 aliphatic carbocycles. The van der Waals surface area contributed by atoms with Crippen molar-refractivity contribution in [2.45, 2.75) is 5.54 Å². The average molecular weight is 422 g/mol. The summed E-state index contributed by atoms with van der Waals surface area (Å²) in [5.41, 5.74) is -0.615. The summed E-state index contributed by atoms with van der Waals surface area (Å²) < 4.78 is 5.30. The van der Waals surface area contributed by atoms with Crippen LogP contribution in [0.5, 0.6) is 5.75 Å². The Labute approximate surface area is 171 Å². The molecule has 0 spiro atoms. The predicted octanol–water partition coefficient (Wildman–Crippen LogP) is 3.48. The first-order chi connectivity index (χ1) is 13.2. The maximum absolute atomic E-state index is 13.0. The monoisotopic (exact) mass is 421 g/mol. The van der Waals surface area contributed by atoms with Crippen LogP contribution in [0.1, 0.15) is 11.1 Å². The van der Waals surface area contributed by atoms with E-state index in [0.29, 0.717) is 16.1 Å². The minimum absolute atomic E-state index is 0.233. The molecule has 4 amide bonds. The molecule has 1 heterocycles. The lowest BCUT2D eigenvalue weighted by molar-refractivity contribution is -0.124. The van der Waals surface area contributed by atoms with Gasteiger partial charge in [0, 0.05) is 21.1 Å². The average Bonchev–Trinajstić information content (AvgIpc) is 2.87. The van der Waals surface area contributed by atoms with Crippen LogP contribution in [0.4, 0.5) is 9.59 Å². The Morgan fingerprint density at radius 3 is 2.32 bits per heavy atom. The molecular formula is C19H17Cl2N3O4. The molecular weight excluding hydrogens is 405 g/mol. The zero-order chi connectivity index (χ0) is 20.6. The number of ether oxygens (including phenoxy) is 1. The van der Waals surface area contributed by atoms with E-state index >= 15 is 0 Å². The van der Waals surface area contributed by atoms with Crippen molar-refractivity contribution in [3.8, 4) is 5.75 Å². The van der Waals surface area contributed by atoms with Crippen molar-refractivity contribution in [3.63, 3.8) is 0 Å². The Morgan fingerprint density at radius 1 is 1.07 bits per heavy atom. The van der Waals surface area contributed by atoms with Gasteiger partial charge in [-0.05, 0) is 35.4 Å². The van der Waals surface area contributed by atoms with Gasteiger partial charge in [0.15, 0.2) is 5.54 Å². The second kappa shape index (κ2) is 7.33. The molecule has 0 aromatic heterocycles. The van der Waals surface area contributed by atoms with Gasteiger partial charge in [-0.15, -0.1) is 0 Å². The van der Waals surface area contributed by atoms with Gasteiger partial charge >= 0.3 is 12.1 Å². The van der Waals surface area contributed by atoms with Crippen LogP contribution in [0.2, 0.25) is 10.0 Å². The first-order valence-electron chi connectivity index (χ1n) is 8.22. The Kier molecular flexibility index (Phi) is 5.23. The molecule has 1 atom stereocenters. The Balaban J connectivity index is 2.19. The standard InChI is InChI=1S/C19H17Cl2N3O4/c1-23(2)18(27)28-13-6-4-5-11(9-13)19(16(25)22-17(26)24(19)3)12-7-8-14(20)15(21)10-12/h4-10H,1-3H3,(H,22,25,26). The molecule has 1 N–H and O–H groups in total. The number of hydrogen-bond donors (Lipinski definition) is 1. The Hall–Kier alpha value is -2.77. The molecule has 1 unspecified atom stereocenters. The second-order valence-electron chi connectivity index (χ2n) is 6.45. The highest BCUT2D eigenvalue weighted by Crippen LogP contribution is 2.41. The molecule has 1 saturated heterocycles. The van der Waals surface area contributed by atoms with E-state index < -0.39 is 23.6 Å². The van der Waals surface area contributed by atoms with Gasteiger partial charge in [-0.25, -0.2) is 9.59 Å². The molecule has 0 saturated carbocycles. The summed E-state index contributed by atoms with van der Waals surface area (Å²) in [5, 5.41) is 2.89. The summed E-state index contributed by atoms with van der Waals surface area (Å²) in [6.07, 6.45) is -0.568. The maximum Gasteiger partial charge on any atom is 0.414 e. The van der Waals surface area contributed by atoms with Crippen LogP contribution >= 0.6 is 23.2 Å². The SMILES string of the molecule is CN(C)C(=O)Oc1cccc(C2(c3ccc(Cl)c(Cl)c3)C(=O)NC(=O)N2C)c1. The van der Waals surface area contributed by atoms with E-state index in [1.807, 2.05) is 0 Å². The van der Waals surface area contributed by atoms with Crippen molar-refractivity contribution < 1.29 is 19.1 Å². The summed E-state index contributed by atoms with van der Waals surface area (Å²) in [5.74, 6) is -0.314. The third kappa shape index (κ3) is 3.16. The zero-order valence-corrected chi connectivity index (χ0v) is 16.8. The summed E-state index contributed by atoms with van der Waals surface area (Å²) in [4.78, 5) is 39.7. The lowest BCUT2D eigenvalue weighted by Gasteiger charge is -2.34. The van der Waals surface area contributed by atoms with Gasteiger partial charge in [0.1, 0.15) is 5.75 Å². The van der Waals surface area contributed by atoms with E-state index in [1.54, 1.807) is 50.5 Å². The number of nitrogens with zero attached hydrogens (tertiary/aromatic N) is 2. The normalized spacial score (nSPS) is 18.8. The van der Waals surface area contributed by atoms with Gasteiger partial charge < -0.3 is 14.5 Å². The van der Waals surface area contributed by atoms with Crippen LogP contribution in [-0.4, -0.2) is 49.0 Å². The quantitative estimate of drug-likeness (QED) is 0.769. The molecule has 0 radical (unpaired) electrons. The Bertz CT molecular complexity index is 979. The highest BCUT2D eigenvalue weighted by atomic mass is 35.5. The van der Waals surface area contributed by atoms with Crippen LogP contribution in [0, 0.1) is 0 Å². The number of benzene rings is 2. The van der Waals surface area contributed by atoms with Gasteiger partial charge in [0.05, 0.1) is 10.0 Å². The fourth-order valence-electron chi connectivity index (χ4n) is 3.09. The number of imide groups is 1. The van der Waals surface area contributed by atoms with Gasteiger partial charge in [0.2, 0.25) is 0 Å². The van der Waals surface area contributed by atoms with Gasteiger partial charge in [-0.1, -0.05) is 41.4 Å².